The summed E-state index contributed by atoms with van der Waals surface area (Å²) in [5.41, 5.74) is 1.45. The fourth-order valence-electron chi connectivity index (χ4n) is 2.38. The number of amides is 1. The molecule has 3 rings (SSSR count). The highest BCUT2D eigenvalue weighted by Gasteiger charge is 2.15. The third-order valence-corrected chi connectivity index (χ3v) is 3.40. The first-order valence-electron chi connectivity index (χ1n) is 6.83. The quantitative estimate of drug-likeness (QED) is 0.908. The molecule has 0 spiro atoms. The summed E-state index contributed by atoms with van der Waals surface area (Å²) >= 11 is 0. The van der Waals surface area contributed by atoms with Crippen molar-refractivity contribution in [3.8, 4) is 0 Å². The maximum atomic E-state index is 12.1. The molecule has 2 heterocycles. The summed E-state index contributed by atoms with van der Waals surface area (Å²) in [6.45, 7) is 4.77. The van der Waals surface area contributed by atoms with Crippen LogP contribution < -0.4 is 10.6 Å². The van der Waals surface area contributed by atoms with Crippen molar-refractivity contribution >= 4 is 29.3 Å². The molecular formula is C15H19ClN2O3. The first kappa shape index (κ1) is 15.8. The average molecular weight is 311 g/mol. The molecule has 21 heavy (non-hydrogen) atoms. The number of aryl methyl sites for hydroxylation is 1. The van der Waals surface area contributed by atoms with E-state index in [0.29, 0.717) is 18.7 Å². The minimum Gasteiger partial charge on any atom is -0.461 e. The molecule has 1 aromatic heterocycles. The van der Waals surface area contributed by atoms with Crippen LogP contribution in [0.3, 0.4) is 0 Å². The van der Waals surface area contributed by atoms with Crippen LogP contribution >= 0.6 is 12.4 Å². The fourth-order valence-corrected chi connectivity index (χ4v) is 2.38. The monoisotopic (exact) mass is 310 g/mol. The Morgan fingerprint density at radius 1 is 1.43 bits per heavy atom. The van der Waals surface area contributed by atoms with Gasteiger partial charge in [0.15, 0.2) is 0 Å². The number of hydrogen-bond acceptors (Lipinski definition) is 4. The van der Waals surface area contributed by atoms with Crippen molar-refractivity contribution in [2.24, 2.45) is 0 Å². The Labute approximate surface area is 129 Å². The predicted molar refractivity (Wildman–Crippen MR) is 83.1 cm³/mol. The van der Waals surface area contributed by atoms with Gasteiger partial charge in [0, 0.05) is 30.6 Å². The Morgan fingerprint density at radius 3 is 3.05 bits per heavy atom. The number of morpholine rings is 1. The molecule has 0 aliphatic carbocycles. The van der Waals surface area contributed by atoms with Gasteiger partial charge in [0.25, 0.3) is 5.91 Å². The molecule has 0 saturated carbocycles. The number of rotatable bonds is 3. The van der Waals surface area contributed by atoms with Gasteiger partial charge in [0.1, 0.15) is 11.3 Å². The van der Waals surface area contributed by atoms with E-state index in [1.165, 1.54) is 0 Å². The fraction of sp³-hybridized carbons (Fsp3) is 0.400. The van der Waals surface area contributed by atoms with E-state index in [4.69, 9.17) is 9.15 Å². The van der Waals surface area contributed by atoms with E-state index in [1.54, 1.807) is 6.07 Å². The lowest BCUT2D eigenvalue weighted by Crippen LogP contribution is -2.45. The Kier molecular flexibility index (Phi) is 5.22. The number of halogens is 1. The van der Waals surface area contributed by atoms with E-state index >= 15 is 0 Å². The smallest absolute Gasteiger partial charge is 0.251 e. The van der Waals surface area contributed by atoms with Crippen molar-refractivity contribution in [1.82, 2.24) is 10.6 Å². The zero-order valence-electron chi connectivity index (χ0n) is 11.8. The summed E-state index contributed by atoms with van der Waals surface area (Å²) in [7, 11) is 0. The van der Waals surface area contributed by atoms with Gasteiger partial charge in [-0.15, -0.1) is 12.4 Å². The summed E-state index contributed by atoms with van der Waals surface area (Å²) in [5.74, 6) is 0.763. The maximum absolute atomic E-state index is 12.1. The Hall–Kier alpha value is -1.56. The van der Waals surface area contributed by atoms with E-state index in [-0.39, 0.29) is 24.4 Å². The number of carbonyl (C=O) groups excluding carboxylic acids is 1. The Morgan fingerprint density at radius 2 is 2.29 bits per heavy atom. The van der Waals surface area contributed by atoms with E-state index in [2.05, 4.69) is 10.6 Å². The van der Waals surface area contributed by atoms with Gasteiger partial charge in [-0.1, -0.05) is 0 Å². The van der Waals surface area contributed by atoms with Gasteiger partial charge in [-0.05, 0) is 31.2 Å². The first-order chi connectivity index (χ1) is 9.72. The Balaban J connectivity index is 0.00000161. The van der Waals surface area contributed by atoms with Crippen LogP contribution in [0.4, 0.5) is 0 Å². The lowest BCUT2D eigenvalue weighted by atomic mass is 10.1. The first-order valence-corrected chi connectivity index (χ1v) is 6.83. The van der Waals surface area contributed by atoms with E-state index in [9.17, 15) is 4.79 Å². The van der Waals surface area contributed by atoms with Gasteiger partial charge in [0.05, 0.1) is 12.7 Å². The molecule has 1 aliphatic heterocycles. The van der Waals surface area contributed by atoms with Crippen LogP contribution in [0, 0.1) is 6.92 Å². The molecule has 2 aromatic rings. The molecule has 1 unspecified atom stereocenters. The molecule has 1 fully saturated rings. The SMILES string of the molecule is Cc1cc2cc(C(=O)NCC3CNCCO3)ccc2o1.Cl. The van der Waals surface area contributed by atoms with Crippen molar-refractivity contribution in [3.63, 3.8) is 0 Å². The van der Waals surface area contributed by atoms with Crippen LogP contribution in [0.15, 0.2) is 28.7 Å². The minimum atomic E-state index is -0.0834. The number of nitrogens with one attached hydrogen (secondary N) is 2. The maximum Gasteiger partial charge on any atom is 0.251 e. The number of fused-ring (bicyclic) bond motifs is 1. The van der Waals surface area contributed by atoms with Gasteiger partial charge >= 0.3 is 0 Å². The molecule has 0 radical (unpaired) electrons. The van der Waals surface area contributed by atoms with E-state index < -0.39 is 0 Å². The highest BCUT2D eigenvalue weighted by molar-refractivity contribution is 5.97. The van der Waals surface area contributed by atoms with E-state index in [0.717, 1.165) is 29.8 Å². The van der Waals surface area contributed by atoms with Gasteiger partial charge in [-0.3, -0.25) is 4.79 Å². The molecule has 2 N–H and O–H groups in total. The molecule has 1 amide bonds. The summed E-state index contributed by atoms with van der Waals surface area (Å²) in [6.07, 6.45) is 0.0487. The molecule has 114 valence electrons. The molecule has 0 bridgehead atoms. The van der Waals surface area contributed by atoms with E-state index in [1.807, 2.05) is 25.1 Å². The minimum absolute atomic E-state index is 0. The van der Waals surface area contributed by atoms with Gasteiger partial charge in [-0.25, -0.2) is 0 Å². The van der Waals surface area contributed by atoms with Crippen molar-refractivity contribution in [2.75, 3.05) is 26.2 Å². The topological polar surface area (TPSA) is 63.5 Å². The lowest BCUT2D eigenvalue weighted by molar-refractivity contribution is 0.0287. The molecule has 1 atom stereocenters. The highest BCUT2D eigenvalue weighted by atomic mass is 35.5. The Bertz CT molecular complexity index is 620. The number of hydrogen-bond donors (Lipinski definition) is 2. The zero-order chi connectivity index (χ0) is 13.9. The predicted octanol–water partition coefficient (Wildman–Crippen LogP) is 1.88. The molecule has 1 aliphatic rings. The molecule has 1 aromatic carbocycles. The number of furan rings is 1. The number of benzene rings is 1. The largest absolute Gasteiger partial charge is 0.461 e. The molecule has 5 nitrogen and oxygen atoms in total. The lowest BCUT2D eigenvalue weighted by Gasteiger charge is -2.23. The molecule has 1 saturated heterocycles. The van der Waals surface area contributed by atoms with Crippen LogP contribution in [0.1, 0.15) is 16.1 Å². The van der Waals surface area contributed by atoms with Gasteiger partial charge in [0.2, 0.25) is 0 Å². The molecule has 6 heteroatoms. The van der Waals surface area contributed by atoms with Crippen LogP contribution in [-0.4, -0.2) is 38.3 Å². The van der Waals surface area contributed by atoms with Crippen LogP contribution in [0.5, 0.6) is 0 Å². The second-order valence-corrected chi connectivity index (χ2v) is 5.02. The molecular weight excluding hydrogens is 292 g/mol. The number of ether oxygens (including phenoxy) is 1. The van der Waals surface area contributed by atoms with Crippen molar-refractivity contribution < 1.29 is 13.9 Å². The zero-order valence-corrected chi connectivity index (χ0v) is 12.7. The summed E-state index contributed by atoms with van der Waals surface area (Å²) in [4.78, 5) is 12.1. The average Bonchev–Trinajstić information content (AvgIpc) is 2.85. The normalized spacial score (nSPS) is 18.2. The summed E-state index contributed by atoms with van der Waals surface area (Å²) < 4.78 is 11.0. The van der Waals surface area contributed by atoms with Gasteiger partial charge < -0.3 is 19.8 Å². The second-order valence-electron chi connectivity index (χ2n) is 5.02. The number of carbonyl (C=O) groups is 1. The second kappa shape index (κ2) is 6.93. The summed E-state index contributed by atoms with van der Waals surface area (Å²) in [6, 6.07) is 7.39. The van der Waals surface area contributed by atoms with Crippen LogP contribution in [-0.2, 0) is 4.74 Å². The third-order valence-electron chi connectivity index (χ3n) is 3.40. The summed E-state index contributed by atoms with van der Waals surface area (Å²) in [5, 5.41) is 7.09. The van der Waals surface area contributed by atoms with Gasteiger partial charge in [-0.2, -0.15) is 0 Å². The van der Waals surface area contributed by atoms with Crippen molar-refractivity contribution in [1.29, 1.82) is 0 Å². The van der Waals surface area contributed by atoms with Crippen LogP contribution in [0.2, 0.25) is 0 Å². The third kappa shape index (κ3) is 3.75. The van der Waals surface area contributed by atoms with Crippen molar-refractivity contribution in [3.05, 3.63) is 35.6 Å². The standard InChI is InChI=1S/C15H18N2O3.ClH/c1-10-6-12-7-11(2-3-14(12)20-10)15(18)17-9-13-8-16-4-5-19-13;/h2-3,6-7,13,16H,4-5,8-9H2,1H3,(H,17,18);1H. The van der Waals surface area contributed by atoms with Crippen LogP contribution in [0.25, 0.3) is 11.0 Å². The van der Waals surface area contributed by atoms with Crippen molar-refractivity contribution in [2.45, 2.75) is 13.0 Å². The highest BCUT2D eigenvalue weighted by Crippen LogP contribution is 2.20.